The van der Waals surface area contributed by atoms with Gasteiger partial charge in [0.2, 0.25) is 5.76 Å². The Morgan fingerprint density at radius 2 is 2.14 bits per heavy atom. The van der Waals surface area contributed by atoms with E-state index in [4.69, 9.17) is 9.15 Å². The van der Waals surface area contributed by atoms with Gasteiger partial charge >= 0.3 is 5.97 Å². The maximum absolute atomic E-state index is 11.5. The van der Waals surface area contributed by atoms with Crippen molar-refractivity contribution in [3.63, 3.8) is 0 Å². The number of carbonyl (C=O) groups is 1. The Bertz CT molecular complexity index is 435. The fourth-order valence-corrected chi connectivity index (χ4v) is 3.22. The molecule has 1 atom stereocenters. The molecule has 4 nitrogen and oxygen atoms in total. The molecule has 1 unspecified atom stereocenters. The number of nitrogens with one attached hydrogen (secondary N) is 1. The third kappa shape index (κ3) is 4.60. The van der Waals surface area contributed by atoms with Gasteiger partial charge < -0.3 is 14.5 Å². The van der Waals surface area contributed by atoms with Gasteiger partial charge in [-0.1, -0.05) is 39.0 Å². The lowest BCUT2D eigenvalue weighted by Gasteiger charge is -2.24. The van der Waals surface area contributed by atoms with Gasteiger partial charge in [0.1, 0.15) is 5.76 Å². The zero-order valence-corrected chi connectivity index (χ0v) is 13.2. The van der Waals surface area contributed by atoms with Crippen LogP contribution >= 0.6 is 0 Å². The Morgan fingerprint density at radius 3 is 2.81 bits per heavy atom. The highest BCUT2D eigenvalue weighted by molar-refractivity contribution is 5.86. The second-order valence-corrected chi connectivity index (χ2v) is 5.89. The van der Waals surface area contributed by atoms with Crippen molar-refractivity contribution in [2.75, 3.05) is 13.7 Å². The van der Waals surface area contributed by atoms with E-state index in [0.29, 0.717) is 0 Å². The molecule has 0 aliphatic heterocycles. The van der Waals surface area contributed by atoms with Crippen LogP contribution < -0.4 is 5.32 Å². The molecule has 1 aromatic heterocycles. The summed E-state index contributed by atoms with van der Waals surface area (Å²) >= 11 is 0. The molecule has 118 valence electrons. The third-order valence-corrected chi connectivity index (χ3v) is 4.40. The predicted octanol–water partition coefficient (Wildman–Crippen LogP) is 4.08. The minimum atomic E-state index is -0.413. The smallest absolute Gasteiger partial charge is 0.373 e. The van der Waals surface area contributed by atoms with Crippen molar-refractivity contribution in [3.8, 4) is 0 Å². The van der Waals surface area contributed by atoms with Crippen molar-refractivity contribution in [2.45, 2.75) is 57.9 Å². The van der Waals surface area contributed by atoms with Crippen LogP contribution in [-0.2, 0) is 4.74 Å². The average Bonchev–Trinajstić information content (AvgIpc) is 3.01. The number of hydrogen-bond acceptors (Lipinski definition) is 4. The van der Waals surface area contributed by atoms with Crippen LogP contribution in [0.15, 0.2) is 16.5 Å². The van der Waals surface area contributed by atoms with Crippen LogP contribution in [0.4, 0.5) is 0 Å². The van der Waals surface area contributed by atoms with Gasteiger partial charge in [0.05, 0.1) is 13.2 Å². The Kier molecular flexibility index (Phi) is 6.30. The van der Waals surface area contributed by atoms with E-state index in [0.717, 1.165) is 24.6 Å². The van der Waals surface area contributed by atoms with Crippen molar-refractivity contribution >= 4 is 5.97 Å². The van der Waals surface area contributed by atoms with Crippen molar-refractivity contribution in [1.29, 1.82) is 0 Å². The highest BCUT2D eigenvalue weighted by Gasteiger charge is 2.20. The van der Waals surface area contributed by atoms with E-state index >= 15 is 0 Å². The van der Waals surface area contributed by atoms with Crippen molar-refractivity contribution in [2.24, 2.45) is 5.92 Å². The van der Waals surface area contributed by atoms with Gasteiger partial charge in [-0.05, 0) is 37.4 Å². The minimum Gasteiger partial charge on any atom is -0.463 e. The Labute approximate surface area is 127 Å². The number of hydrogen-bond donors (Lipinski definition) is 1. The van der Waals surface area contributed by atoms with E-state index in [9.17, 15) is 4.79 Å². The highest BCUT2D eigenvalue weighted by Crippen LogP contribution is 2.31. The molecule has 0 radical (unpaired) electrons. The first kappa shape index (κ1) is 16.1. The molecule has 0 aromatic carbocycles. The zero-order valence-electron chi connectivity index (χ0n) is 13.2. The molecular formula is C17H27NO3. The topological polar surface area (TPSA) is 51.5 Å². The number of carbonyl (C=O) groups excluding carboxylic acids is 1. The minimum absolute atomic E-state index is 0.190. The van der Waals surface area contributed by atoms with E-state index in [1.807, 2.05) is 6.07 Å². The van der Waals surface area contributed by atoms with Gasteiger partial charge in [0.25, 0.3) is 0 Å². The van der Waals surface area contributed by atoms with Crippen molar-refractivity contribution in [3.05, 3.63) is 23.7 Å². The number of rotatable bonds is 7. The molecular weight excluding hydrogens is 266 g/mol. The van der Waals surface area contributed by atoms with Crippen LogP contribution in [0.25, 0.3) is 0 Å². The number of ether oxygens (including phenoxy) is 1. The van der Waals surface area contributed by atoms with E-state index in [1.54, 1.807) is 6.07 Å². The summed E-state index contributed by atoms with van der Waals surface area (Å²) in [4.78, 5) is 11.5. The number of esters is 1. The van der Waals surface area contributed by atoms with Gasteiger partial charge in [-0.2, -0.15) is 0 Å². The maximum atomic E-state index is 11.5. The first-order valence-corrected chi connectivity index (χ1v) is 8.16. The monoisotopic (exact) mass is 293 g/mol. The van der Waals surface area contributed by atoms with Gasteiger partial charge in [0.15, 0.2) is 0 Å². The fraction of sp³-hybridized carbons (Fsp3) is 0.706. The van der Waals surface area contributed by atoms with Gasteiger partial charge in [-0.15, -0.1) is 0 Å². The summed E-state index contributed by atoms with van der Waals surface area (Å²) in [6.07, 6.45) is 9.18. The normalized spacial score (nSPS) is 17.6. The molecule has 1 aromatic rings. The molecule has 0 spiro atoms. The van der Waals surface area contributed by atoms with E-state index in [1.165, 1.54) is 45.6 Å². The Balaban J connectivity index is 1.93. The van der Waals surface area contributed by atoms with Gasteiger partial charge in [0, 0.05) is 0 Å². The van der Waals surface area contributed by atoms with Gasteiger partial charge in [-0.25, -0.2) is 4.79 Å². The van der Waals surface area contributed by atoms with Crippen LogP contribution in [0.5, 0.6) is 0 Å². The fourth-order valence-electron chi connectivity index (χ4n) is 3.22. The SMILES string of the molecule is CCNC(CCC1CCCCC1)c1ccc(C(=O)OC)o1. The Hall–Kier alpha value is -1.29. The summed E-state index contributed by atoms with van der Waals surface area (Å²) in [5.74, 6) is 1.57. The first-order chi connectivity index (χ1) is 10.2. The second kappa shape index (κ2) is 8.23. The largest absolute Gasteiger partial charge is 0.463 e. The molecule has 21 heavy (non-hydrogen) atoms. The molecule has 1 N–H and O–H groups in total. The van der Waals surface area contributed by atoms with Crippen LogP contribution in [0.1, 0.15) is 74.2 Å². The molecule has 1 aliphatic rings. The summed E-state index contributed by atoms with van der Waals surface area (Å²) in [7, 11) is 1.37. The maximum Gasteiger partial charge on any atom is 0.373 e. The second-order valence-electron chi connectivity index (χ2n) is 5.89. The standard InChI is InChI=1S/C17H27NO3/c1-3-18-14(10-9-13-7-5-4-6-8-13)15-11-12-16(21-15)17(19)20-2/h11-14,18H,3-10H2,1-2H3. The number of methoxy groups -OCH3 is 1. The molecule has 4 heteroatoms. The molecule has 1 saturated carbocycles. The van der Waals surface area contributed by atoms with Crippen LogP contribution in [0, 0.1) is 5.92 Å². The molecule has 2 rings (SSSR count). The lowest BCUT2D eigenvalue weighted by Crippen LogP contribution is -2.21. The van der Waals surface area contributed by atoms with E-state index < -0.39 is 5.97 Å². The summed E-state index contributed by atoms with van der Waals surface area (Å²) < 4.78 is 10.3. The van der Waals surface area contributed by atoms with Crippen LogP contribution in [0.3, 0.4) is 0 Å². The summed E-state index contributed by atoms with van der Waals surface area (Å²) in [6.45, 7) is 2.99. The zero-order chi connectivity index (χ0) is 15.1. The molecule has 1 fully saturated rings. The molecule has 0 bridgehead atoms. The van der Waals surface area contributed by atoms with Crippen LogP contribution in [0.2, 0.25) is 0 Å². The predicted molar refractivity (Wildman–Crippen MR) is 82.3 cm³/mol. The quantitative estimate of drug-likeness (QED) is 0.770. The molecule has 1 heterocycles. The van der Waals surface area contributed by atoms with Crippen molar-refractivity contribution in [1.82, 2.24) is 5.32 Å². The average molecular weight is 293 g/mol. The van der Waals surface area contributed by atoms with Crippen LogP contribution in [-0.4, -0.2) is 19.6 Å². The van der Waals surface area contributed by atoms with Crippen molar-refractivity contribution < 1.29 is 13.9 Å². The van der Waals surface area contributed by atoms with E-state index in [2.05, 4.69) is 12.2 Å². The van der Waals surface area contributed by atoms with Gasteiger partial charge in [-0.3, -0.25) is 0 Å². The summed E-state index contributed by atoms with van der Waals surface area (Å²) in [5, 5.41) is 3.46. The molecule has 0 amide bonds. The third-order valence-electron chi connectivity index (χ3n) is 4.40. The molecule has 1 aliphatic carbocycles. The Morgan fingerprint density at radius 1 is 1.38 bits per heavy atom. The number of furan rings is 1. The lowest BCUT2D eigenvalue weighted by atomic mass is 9.85. The summed E-state index contributed by atoms with van der Waals surface area (Å²) in [5.41, 5.74) is 0. The molecule has 0 saturated heterocycles. The highest BCUT2D eigenvalue weighted by atomic mass is 16.5. The summed E-state index contributed by atoms with van der Waals surface area (Å²) in [6, 6.07) is 3.78. The lowest BCUT2D eigenvalue weighted by molar-refractivity contribution is 0.0561. The van der Waals surface area contributed by atoms with E-state index in [-0.39, 0.29) is 11.8 Å². The first-order valence-electron chi connectivity index (χ1n) is 8.16.